The molecule has 0 fully saturated rings. The van der Waals surface area contributed by atoms with E-state index in [0.717, 1.165) is 15.0 Å². The first kappa shape index (κ1) is 19.1. The molecule has 5 heteroatoms. The van der Waals surface area contributed by atoms with Crippen LogP contribution in [0.5, 0.6) is 0 Å². The van der Waals surface area contributed by atoms with Gasteiger partial charge in [0.25, 0.3) is 0 Å². The SMILES string of the molecule is CC.CC(C)(C)NS(=O)C1=C(CBr)C(Br)=CC=C=C1. The van der Waals surface area contributed by atoms with Crippen molar-refractivity contribution in [1.82, 2.24) is 4.72 Å². The maximum atomic E-state index is 12.3. The Bertz CT molecular complexity index is 453. The fourth-order valence-corrected chi connectivity index (χ4v) is 4.21. The molecule has 1 aliphatic carbocycles. The van der Waals surface area contributed by atoms with E-state index in [1.165, 1.54) is 0 Å². The largest absolute Gasteiger partial charge is 0.237 e. The van der Waals surface area contributed by atoms with Gasteiger partial charge >= 0.3 is 0 Å². The van der Waals surface area contributed by atoms with Crippen LogP contribution in [0.2, 0.25) is 0 Å². The second kappa shape index (κ2) is 9.09. The first-order valence-electron chi connectivity index (χ1n) is 6.12. The van der Waals surface area contributed by atoms with Crippen molar-refractivity contribution in [3.8, 4) is 0 Å². The summed E-state index contributed by atoms with van der Waals surface area (Å²) in [5.41, 5.74) is 3.76. The lowest BCUT2D eigenvalue weighted by Crippen LogP contribution is -2.37. The van der Waals surface area contributed by atoms with Crippen molar-refractivity contribution in [3.63, 3.8) is 0 Å². The zero-order valence-corrected chi connectivity index (χ0v) is 16.0. The van der Waals surface area contributed by atoms with E-state index in [1.54, 1.807) is 12.2 Å². The minimum atomic E-state index is -1.25. The summed E-state index contributed by atoms with van der Waals surface area (Å²) in [4.78, 5) is 0.744. The first-order valence-corrected chi connectivity index (χ1v) is 9.19. The molecule has 0 aliphatic heterocycles. The van der Waals surface area contributed by atoms with Crippen LogP contribution in [-0.4, -0.2) is 15.1 Å². The summed E-state index contributed by atoms with van der Waals surface area (Å²) < 4.78 is 16.3. The van der Waals surface area contributed by atoms with Gasteiger partial charge in [0, 0.05) is 15.4 Å². The molecule has 0 saturated carbocycles. The summed E-state index contributed by atoms with van der Waals surface area (Å²) in [6.45, 7) is 9.96. The minimum absolute atomic E-state index is 0.199. The summed E-state index contributed by atoms with van der Waals surface area (Å²) in [6.07, 6.45) is 5.46. The van der Waals surface area contributed by atoms with Crippen LogP contribution in [0.15, 0.2) is 38.9 Å². The summed E-state index contributed by atoms with van der Waals surface area (Å²) in [5, 5.41) is 0.642. The van der Waals surface area contributed by atoms with E-state index < -0.39 is 11.0 Å². The highest BCUT2D eigenvalue weighted by molar-refractivity contribution is 9.12. The van der Waals surface area contributed by atoms with Crippen molar-refractivity contribution in [3.05, 3.63) is 38.9 Å². The molecule has 0 heterocycles. The molecular formula is C14H21Br2NOS. The third-order valence-electron chi connectivity index (χ3n) is 1.86. The number of halogens is 2. The van der Waals surface area contributed by atoms with Crippen molar-refractivity contribution in [2.24, 2.45) is 0 Å². The second-order valence-electron chi connectivity index (χ2n) is 4.59. The number of nitrogens with one attached hydrogen (secondary N) is 1. The Labute approximate surface area is 136 Å². The number of alkyl halides is 1. The van der Waals surface area contributed by atoms with Gasteiger partial charge in [-0.15, -0.1) is 5.73 Å². The highest BCUT2D eigenvalue weighted by atomic mass is 79.9. The topological polar surface area (TPSA) is 29.1 Å². The van der Waals surface area contributed by atoms with Gasteiger partial charge in [-0.3, -0.25) is 0 Å². The van der Waals surface area contributed by atoms with Crippen molar-refractivity contribution in [2.75, 3.05) is 5.33 Å². The Kier molecular flexibility index (Phi) is 9.12. The van der Waals surface area contributed by atoms with Crippen molar-refractivity contribution in [1.29, 1.82) is 0 Å². The molecule has 1 aliphatic rings. The van der Waals surface area contributed by atoms with Gasteiger partial charge in [0.1, 0.15) is 11.0 Å². The van der Waals surface area contributed by atoms with Gasteiger partial charge in [-0.1, -0.05) is 45.7 Å². The zero-order valence-electron chi connectivity index (χ0n) is 12.0. The molecule has 1 unspecified atom stereocenters. The normalized spacial score (nSPS) is 16.5. The van der Waals surface area contributed by atoms with Gasteiger partial charge in [0.05, 0.1) is 4.91 Å². The fourth-order valence-electron chi connectivity index (χ4n) is 1.18. The van der Waals surface area contributed by atoms with Crippen molar-refractivity contribution >= 4 is 42.8 Å². The highest BCUT2D eigenvalue weighted by Crippen LogP contribution is 2.26. The van der Waals surface area contributed by atoms with Crippen LogP contribution in [0.3, 0.4) is 0 Å². The van der Waals surface area contributed by atoms with Crippen molar-refractivity contribution < 1.29 is 4.21 Å². The Balaban J connectivity index is 0.00000154. The molecule has 0 spiro atoms. The first-order chi connectivity index (χ1) is 8.85. The van der Waals surface area contributed by atoms with Gasteiger partial charge in [0.15, 0.2) is 0 Å². The van der Waals surface area contributed by atoms with Crippen LogP contribution in [-0.2, 0) is 11.0 Å². The van der Waals surface area contributed by atoms with Gasteiger partial charge in [-0.2, -0.15) is 0 Å². The third kappa shape index (κ3) is 6.87. The third-order valence-corrected chi connectivity index (χ3v) is 4.72. The van der Waals surface area contributed by atoms with E-state index in [2.05, 4.69) is 42.3 Å². The lowest BCUT2D eigenvalue weighted by atomic mass is 10.1. The van der Waals surface area contributed by atoms with E-state index in [0.29, 0.717) is 5.33 Å². The average molecular weight is 411 g/mol. The quantitative estimate of drug-likeness (QED) is 0.529. The summed E-state index contributed by atoms with van der Waals surface area (Å²) in [7, 11) is -1.25. The standard InChI is InChI=1S/C12H15Br2NOS.C2H6/c1-12(2,3)15-17(16)11-7-5-4-6-10(14)9(11)8-13;1-2/h4,6-7,15H,8H2,1-3H3;1-2H3. The molecule has 0 saturated heterocycles. The summed E-state index contributed by atoms with van der Waals surface area (Å²) >= 11 is 6.89. The Morgan fingerprint density at radius 1 is 1.37 bits per heavy atom. The smallest absolute Gasteiger partial charge is 0.126 e. The number of rotatable bonds is 3. The van der Waals surface area contributed by atoms with E-state index in [-0.39, 0.29) is 5.54 Å². The predicted molar refractivity (Wildman–Crippen MR) is 92.9 cm³/mol. The molecule has 108 valence electrons. The van der Waals surface area contributed by atoms with Crippen LogP contribution in [0.25, 0.3) is 0 Å². The molecular weight excluding hydrogens is 390 g/mol. The zero-order chi connectivity index (χ0) is 15.1. The van der Waals surface area contributed by atoms with E-state index in [1.807, 2.05) is 40.7 Å². The lowest BCUT2D eigenvalue weighted by Gasteiger charge is -2.20. The molecule has 1 N–H and O–H groups in total. The van der Waals surface area contributed by atoms with Gasteiger partial charge in [0.2, 0.25) is 0 Å². The molecule has 0 aromatic carbocycles. The van der Waals surface area contributed by atoms with Gasteiger partial charge < -0.3 is 0 Å². The fraction of sp³-hybridized carbons (Fsp3) is 0.500. The highest BCUT2D eigenvalue weighted by Gasteiger charge is 2.19. The Morgan fingerprint density at radius 2 is 1.95 bits per heavy atom. The summed E-state index contributed by atoms with van der Waals surface area (Å²) in [5.74, 6) is 0. The molecule has 19 heavy (non-hydrogen) atoms. The molecule has 0 aromatic heterocycles. The summed E-state index contributed by atoms with van der Waals surface area (Å²) in [6, 6.07) is 0. The number of allylic oxidation sites excluding steroid dienone is 4. The molecule has 0 bridgehead atoms. The number of hydrogen-bond acceptors (Lipinski definition) is 1. The van der Waals surface area contributed by atoms with Crippen LogP contribution < -0.4 is 4.72 Å². The Hall–Kier alpha value is 0.0700. The lowest BCUT2D eigenvalue weighted by molar-refractivity contribution is 0.521. The maximum Gasteiger partial charge on any atom is 0.126 e. The Morgan fingerprint density at radius 3 is 2.42 bits per heavy atom. The van der Waals surface area contributed by atoms with Crippen LogP contribution in [0.1, 0.15) is 34.6 Å². The average Bonchev–Trinajstić information content (AvgIpc) is 2.51. The molecule has 1 atom stereocenters. The predicted octanol–water partition coefficient (Wildman–Crippen LogP) is 4.72. The van der Waals surface area contributed by atoms with Crippen LogP contribution >= 0.6 is 31.9 Å². The molecule has 0 amide bonds. The van der Waals surface area contributed by atoms with Gasteiger partial charge in [-0.05, 0) is 44.6 Å². The molecule has 0 radical (unpaired) electrons. The maximum absolute atomic E-state index is 12.3. The van der Waals surface area contributed by atoms with E-state index >= 15 is 0 Å². The number of hydrogen-bond donors (Lipinski definition) is 1. The molecule has 0 aromatic rings. The van der Waals surface area contributed by atoms with Crippen LogP contribution in [0.4, 0.5) is 0 Å². The monoisotopic (exact) mass is 409 g/mol. The van der Waals surface area contributed by atoms with E-state index in [9.17, 15) is 4.21 Å². The minimum Gasteiger partial charge on any atom is -0.237 e. The van der Waals surface area contributed by atoms with Crippen molar-refractivity contribution in [2.45, 2.75) is 40.2 Å². The second-order valence-corrected chi connectivity index (χ2v) is 7.19. The molecule has 1 rings (SSSR count). The van der Waals surface area contributed by atoms with Crippen LogP contribution in [0, 0.1) is 0 Å². The molecule has 2 nitrogen and oxygen atoms in total. The van der Waals surface area contributed by atoms with E-state index in [4.69, 9.17) is 0 Å². The van der Waals surface area contributed by atoms with Gasteiger partial charge in [-0.25, -0.2) is 8.93 Å².